The van der Waals surface area contributed by atoms with Gasteiger partial charge in [-0.3, -0.25) is 0 Å². The van der Waals surface area contributed by atoms with E-state index in [-0.39, 0.29) is 17.1 Å². The molecule has 2 nitrogen and oxygen atoms in total. The second kappa shape index (κ2) is 6.50. The number of benzene rings is 1. The monoisotopic (exact) mass is 289 g/mol. The van der Waals surface area contributed by atoms with E-state index in [1.165, 1.54) is 24.0 Å². The van der Waals surface area contributed by atoms with Gasteiger partial charge in [-0.1, -0.05) is 57.9 Å². The Hall–Kier alpha value is -0.860. The van der Waals surface area contributed by atoms with Gasteiger partial charge in [0, 0.05) is 12.6 Å². The molecule has 2 N–H and O–H groups in total. The van der Waals surface area contributed by atoms with Gasteiger partial charge in [-0.2, -0.15) is 0 Å². The molecular weight excluding hydrogens is 258 g/mol. The van der Waals surface area contributed by atoms with E-state index in [2.05, 4.69) is 52.0 Å². The van der Waals surface area contributed by atoms with Crippen LogP contribution in [0.15, 0.2) is 24.3 Å². The lowest BCUT2D eigenvalue weighted by Gasteiger charge is -2.35. The van der Waals surface area contributed by atoms with Crippen molar-refractivity contribution in [2.75, 3.05) is 6.61 Å². The maximum Gasteiger partial charge on any atom is 0.0835 e. The minimum atomic E-state index is -0.0859. The lowest BCUT2D eigenvalue weighted by molar-refractivity contribution is -0.0524. The first-order valence-corrected chi connectivity index (χ1v) is 8.36. The molecule has 0 amide bonds. The van der Waals surface area contributed by atoms with Crippen molar-refractivity contribution in [3.05, 3.63) is 35.4 Å². The van der Waals surface area contributed by atoms with Crippen LogP contribution >= 0.6 is 0 Å². The molecule has 1 aliphatic carbocycles. The van der Waals surface area contributed by atoms with Crippen molar-refractivity contribution in [1.82, 2.24) is 0 Å². The van der Waals surface area contributed by atoms with Crippen molar-refractivity contribution in [2.45, 2.75) is 76.9 Å². The van der Waals surface area contributed by atoms with Crippen molar-refractivity contribution < 1.29 is 4.74 Å². The van der Waals surface area contributed by atoms with Gasteiger partial charge in [0.05, 0.1) is 5.60 Å². The zero-order valence-corrected chi connectivity index (χ0v) is 14.1. The zero-order valence-electron chi connectivity index (χ0n) is 14.1. The molecule has 0 saturated heterocycles. The molecule has 21 heavy (non-hydrogen) atoms. The number of hydrogen-bond donors (Lipinski definition) is 1. The van der Waals surface area contributed by atoms with Crippen molar-refractivity contribution in [1.29, 1.82) is 0 Å². The summed E-state index contributed by atoms with van der Waals surface area (Å²) in [6.45, 7) is 9.57. The van der Waals surface area contributed by atoms with Crippen LogP contribution in [-0.4, -0.2) is 18.2 Å². The maximum atomic E-state index is 6.53. The molecule has 118 valence electrons. The molecule has 1 unspecified atom stereocenters. The van der Waals surface area contributed by atoms with E-state index in [1.54, 1.807) is 0 Å². The summed E-state index contributed by atoms with van der Waals surface area (Å²) < 4.78 is 6.08. The van der Waals surface area contributed by atoms with Gasteiger partial charge in [0.15, 0.2) is 0 Å². The Bertz CT molecular complexity index is 438. The van der Waals surface area contributed by atoms with Crippen LogP contribution in [0.4, 0.5) is 0 Å². The Morgan fingerprint density at radius 1 is 1.14 bits per heavy atom. The summed E-state index contributed by atoms with van der Waals surface area (Å²) in [6, 6.07) is 9.04. The highest BCUT2D eigenvalue weighted by Gasteiger charge is 2.40. The highest BCUT2D eigenvalue weighted by molar-refractivity contribution is 5.28. The molecule has 0 radical (unpaired) electrons. The number of rotatable bonds is 5. The van der Waals surface area contributed by atoms with Crippen LogP contribution in [0.3, 0.4) is 0 Å². The molecule has 0 bridgehead atoms. The van der Waals surface area contributed by atoms with Gasteiger partial charge in [-0.05, 0) is 42.7 Å². The lowest BCUT2D eigenvalue weighted by Crippen LogP contribution is -2.49. The van der Waals surface area contributed by atoms with E-state index >= 15 is 0 Å². The summed E-state index contributed by atoms with van der Waals surface area (Å²) in [6.07, 6.45) is 5.63. The van der Waals surface area contributed by atoms with Gasteiger partial charge in [-0.15, -0.1) is 0 Å². The van der Waals surface area contributed by atoms with Gasteiger partial charge in [-0.25, -0.2) is 0 Å². The molecule has 1 atom stereocenters. The lowest BCUT2D eigenvalue weighted by atomic mass is 9.84. The molecule has 1 saturated carbocycles. The van der Waals surface area contributed by atoms with Gasteiger partial charge >= 0.3 is 0 Å². The molecule has 1 aliphatic rings. The fourth-order valence-electron chi connectivity index (χ4n) is 3.46. The minimum Gasteiger partial charge on any atom is -0.374 e. The maximum absolute atomic E-state index is 6.53. The van der Waals surface area contributed by atoms with Crippen LogP contribution in [0.2, 0.25) is 0 Å². The minimum absolute atomic E-state index is 0.0859. The van der Waals surface area contributed by atoms with E-state index in [1.807, 2.05) is 0 Å². The first kappa shape index (κ1) is 16.5. The van der Waals surface area contributed by atoms with E-state index < -0.39 is 0 Å². The van der Waals surface area contributed by atoms with Crippen LogP contribution < -0.4 is 5.73 Å². The molecule has 2 heteroatoms. The number of ether oxygens (including phenoxy) is 1. The molecular formula is C19H31NO. The summed E-state index contributed by atoms with van der Waals surface area (Å²) in [5.41, 5.74) is 9.35. The third kappa shape index (κ3) is 3.87. The third-order valence-electron chi connectivity index (χ3n) is 4.83. The Morgan fingerprint density at radius 2 is 1.71 bits per heavy atom. The summed E-state index contributed by atoms with van der Waals surface area (Å²) in [4.78, 5) is 0. The third-order valence-corrected chi connectivity index (χ3v) is 4.83. The summed E-state index contributed by atoms with van der Waals surface area (Å²) >= 11 is 0. The van der Waals surface area contributed by atoms with Crippen molar-refractivity contribution >= 4 is 0 Å². The van der Waals surface area contributed by atoms with E-state index in [9.17, 15) is 0 Å². The molecule has 0 spiro atoms. The van der Waals surface area contributed by atoms with Gasteiger partial charge in [0.2, 0.25) is 0 Å². The normalized spacial score (nSPS) is 19.7. The van der Waals surface area contributed by atoms with Crippen molar-refractivity contribution in [2.24, 2.45) is 5.73 Å². The number of nitrogens with two attached hydrogens (primary N) is 1. The Morgan fingerprint density at radius 3 is 2.19 bits per heavy atom. The predicted octanol–water partition coefficient (Wildman–Crippen LogP) is 4.20. The molecule has 1 fully saturated rings. The first-order chi connectivity index (χ1) is 9.87. The smallest absolute Gasteiger partial charge is 0.0835 e. The average Bonchev–Trinajstić information content (AvgIpc) is 2.89. The van der Waals surface area contributed by atoms with Gasteiger partial charge < -0.3 is 10.5 Å². The second-order valence-corrected chi connectivity index (χ2v) is 7.46. The summed E-state index contributed by atoms with van der Waals surface area (Å²) in [5, 5.41) is 0. The second-order valence-electron chi connectivity index (χ2n) is 7.46. The molecule has 1 aromatic carbocycles. The topological polar surface area (TPSA) is 35.2 Å². The highest BCUT2D eigenvalue weighted by atomic mass is 16.5. The van der Waals surface area contributed by atoms with E-state index in [0.717, 1.165) is 25.9 Å². The molecule has 0 aromatic heterocycles. The van der Waals surface area contributed by atoms with Crippen LogP contribution in [0.1, 0.15) is 64.5 Å². The molecule has 1 aromatic rings. The summed E-state index contributed by atoms with van der Waals surface area (Å²) in [5.74, 6) is 0. The van der Waals surface area contributed by atoms with Crippen LogP contribution in [0.25, 0.3) is 0 Å². The van der Waals surface area contributed by atoms with Crippen LogP contribution in [0, 0.1) is 0 Å². The number of hydrogen-bond acceptors (Lipinski definition) is 2. The van der Waals surface area contributed by atoms with Gasteiger partial charge in [0.25, 0.3) is 0 Å². The fourth-order valence-corrected chi connectivity index (χ4v) is 3.46. The Labute approximate surface area is 130 Å². The average molecular weight is 289 g/mol. The molecule has 0 heterocycles. The molecule has 2 rings (SSSR count). The summed E-state index contributed by atoms with van der Waals surface area (Å²) in [7, 11) is 0. The fraction of sp³-hybridized carbons (Fsp3) is 0.684. The van der Waals surface area contributed by atoms with Gasteiger partial charge in [0.1, 0.15) is 0 Å². The zero-order chi connectivity index (χ0) is 15.5. The van der Waals surface area contributed by atoms with Crippen molar-refractivity contribution in [3.8, 4) is 0 Å². The van der Waals surface area contributed by atoms with E-state index in [4.69, 9.17) is 10.5 Å². The standard InChI is InChI=1S/C19H31NO/c1-5-21-19(12-6-7-13-19)17(20)14-15-8-10-16(11-9-15)18(2,3)4/h8-11,17H,5-7,12-14,20H2,1-4H3. The van der Waals surface area contributed by atoms with E-state index in [0.29, 0.717) is 0 Å². The predicted molar refractivity (Wildman–Crippen MR) is 89.6 cm³/mol. The SMILES string of the molecule is CCOC1(C(N)Cc2ccc(C(C)(C)C)cc2)CCCC1. The van der Waals surface area contributed by atoms with Crippen LogP contribution in [0.5, 0.6) is 0 Å². The van der Waals surface area contributed by atoms with Crippen molar-refractivity contribution in [3.63, 3.8) is 0 Å². The first-order valence-electron chi connectivity index (χ1n) is 8.36. The largest absolute Gasteiger partial charge is 0.374 e. The quantitative estimate of drug-likeness (QED) is 0.881. The Balaban J connectivity index is 2.06. The Kier molecular flexibility index (Phi) is 5.11. The highest BCUT2D eigenvalue weighted by Crippen LogP contribution is 2.36. The van der Waals surface area contributed by atoms with Crippen LogP contribution in [-0.2, 0) is 16.6 Å². The molecule has 0 aliphatic heterocycles.